The molecule has 1 amide bonds. The standard InChI is InChI=1S/C13H21N5OS/c1-10-15-13(20-16-10)18-7-3-6-17(8-9-18)12(19)11-4-2-5-14-11/h11,14H,2-9H2,1H3. The zero-order valence-corrected chi connectivity index (χ0v) is 12.7. The summed E-state index contributed by atoms with van der Waals surface area (Å²) in [7, 11) is 0. The van der Waals surface area contributed by atoms with Crippen molar-refractivity contribution in [3.8, 4) is 0 Å². The molecule has 0 saturated carbocycles. The molecule has 2 saturated heterocycles. The minimum Gasteiger partial charge on any atom is -0.345 e. The van der Waals surface area contributed by atoms with E-state index in [1.807, 2.05) is 11.8 Å². The molecule has 2 aliphatic heterocycles. The number of aromatic nitrogens is 2. The van der Waals surface area contributed by atoms with Crippen molar-refractivity contribution in [3.05, 3.63) is 5.82 Å². The van der Waals surface area contributed by atoms with Gasteiger partial charge in [0.15, 0.2) is 0 Å². The predicted molar refractivity (Wildman–Crippen MR) is 79.1 cm³/mol. The van der Waals surface area contributed by atoms with E-state index in [0.29, 0.717) is 0 Å². The highest BCUT2D eigenvalue weighted by molar-refractivity contribution is 7.09. The fourth-order valence-corrected chi connectivity index (χ4v) is 3.58. The van der Waals surface area contributed by atoms with Crippen LogP contribution < -0.4 is 10.2 Å². The molecule has 2 aliphatic rings. The second-order valence-electron chi connectivity index (χ2n) is 5.44. The molecule has 1 unspecified atom stereocenters. The summed E-state index contributed by atoms with van der Waals surface area (Å²) in [6.07, 6.45) is 3.09. The molecule has 0 aliphatic carbocycles. The van der Waals surface area contributed by atoms with Crippen molar-refractivity contribution < 1.29 is 4.79 Å². The van der Waals surface area contributed by atoms with Gasteiger partial charge in [-0.1, -0.05) is 0 Å². The summed E-state index contributed by atoms with van der Waals surface area (Å²) >= 11 is 1.45. The number of carbonyl (C=O) groups is 1. The smallest absolute Gasteiger partial charge is 0.239 e. The van der Waals surface area contributed by atoms with Crippen LogP contribution in [-0.2, 0) is 4.79 Å². The second kappa shape index (κ2) is 6.05. The van der Waals surface area contributed by atoms with Crippen LogP contribution in [0.2, 0.25) is 0 Å². The SMILES string of the molecule is Cc1nsc(N2CCCN(C(=O)C3CCCN3)CC2)n1. The number of rotatable bonds is 2. The average molecular weight is 295 g/mol. The zero-order valence-electron chi connectivity index (χ0n) is 11.8. The van der Waals surface area contributed by atoms with Crippen LogP contribution in [0, 0.1) is 6.92 Å². The van der Waals surface area contributed by atoms with Crippen LogP contribution in [0.3, 0.4) is 0 Å². The maximum atomic E-state index is 12.4. The quantitative estimate of drug-likeness (QED) is 0.867. The molecular weight excluding hydrogens is 274 g/mol. The monoisotopic (exact) mass is 295 g/mol. The van der Waals surface area contributed by atoms with E-state index in [2.05, 4.69) is 19.6 Å². The Morgan fingerprint density at radius 1 is 1.30 bits per heavy atom. The van der Waals surface area contributed by atoms with E-state index in [1.54, 1.807) is 0 Å². The molecule has 2 fully saturated rings. The van der Waals surface area contributed by atoms with Crippen molar-refractivity contribution in [1.29, 1.82) is 0 Å². The number of anilines is 1. The Hall–Kier alpha value is -1.21. The molecule has 1 atom stereocenters. The lowest BCUT2D eigenvalue weighted by Crippen LogP contribution is -2.45. The molecular formula is C13H21N5OS. The van der Waals surface area contributed by atoms with Crippen LogP contribution in [0.5, 0.6) is 0 Å². The molecule has 110 valence electrons. The summed E-state index contributed by atoms with van der Waals surface area (Å²) in [5.41, 5.74) is 0. The Bertz CT molecular complexity index is 471. The van der Waals surface area contributed by atoms with E-state index in [4.69, 9.17) is 0 Å². The van der Waals surface area contributed by atoms with Crippen molar-refractivity contribution in [3.63, 3.8) is 0 Å². The highest BCUT2D eigenvalue weighted by Crippen LogP contribution is 2.19. The van der Waals surface area contributed by atoms with Gasteiger partial charge in [-0.3, -0.25) is 4.79 Å². The van der Waals surface area contributed by atoms with Gasteiger partial charge in [0.25, 0.3) is 0 Å². The van der Waals surface area contributed by atoms with Gasteiger partial charge in [0, 0.05) is 37.7 Å². The number of nitrogens with one attached hydrogen (secondary N) is 1. The van der Waals surface area contributed by atoms with Gasteiger partial charge in [-0.15, -0.1) is 0 Å². The molecule has 0 radical (unpaired) electrons. The van der Waals surface area contributed by atoms with Gasteiger partial charge in [0.1, 0.15) is 5.82 Å². The Morgan fingerprint density at radius 2 is 2.20 bits per heavy atom. The van der Waals surface area contributed by atoms with Crippen LogP contribution in [0.1, 0.15) is 25.1 Å². The molecule has 0 spiro atoms. The molecule has 0 bridgehead atoms. The Morgan fingerprint density at radius 3 is 2.90 bits per heavy atom. The van der Waals surface area contributed by atoms with E-state index in [9.17, 15) is 4.79 Å². The van der Waals surface area contributed by atoms with Crippen LogP contribution in [0.4, 0.5) is 5.13 Å². The molecule has 1 N–H and O–H groups in total. The number of carbonyl (C=O) groups excluding carboxylic acids is 1. The first-order valence-corrected chi connectivity index (χ1v) is 8.09. The zero-order chi connectivity index (χ0) is 13.9. The van der Waals surface area contributed by atoms with E-state index in [0.717, 1.165) is 62.9 Å². The first-order valence-electron chi connectivity index (χ1n) is 7.31. The maximum absolute atomic E-state index is 12.4. The average Bonchev–Trinajstić information content (AvgIpc) is 3.05. The van der Waals surface area contributed by atoms with Crippen molar-refractivity contribution in [2.75, 3.05) is 37.6 Å². The number of nitrogens with zero attached hydrogens (tertiary/aromatic N) is 4. The fraction of sp³-hybridized carbons (Fsp3) is 0.769. The van der Waals surface area contributed by atoms with Crippen LogP contribution >= 0.6 is 11.5 Å². The van der Waals surface area contributed by atoms with E-state index in [1.165, 1.54) is 11.5 Å². The van der Waals surface area contributed by atoms with E-state index in [-0.39, 0.29) is 11.9 Å². The number of hydrogen-bond acceptors (Lipinski definition) is 6. The lowest BCUT2D eigenvalue weighted by atomic mass is 10.2. The summed E-state index contributed by atoms with van der Waals surface area (Å²) in [4.78, 5) is 21.1. The van der Waals surface area contributed by atoms with Crippen LogP contribution in [0.25, 0.3) is 0 Å². The Labute approximate surface area is 123 Å². The molecule has 1 aromatic rings. The van der Waals surface area contributed by atoms with Gasteiger partial charge in [0.2, 0.25) is 11.0 Å². The summed E-state index contributed by atoms with van der Waals surface area (Å²) in [6, 6.07) is 0.0466. The van der Waals surface area contributed by atoms with E-state index >= 15 is 0 Å². The van der Waals surface area contributed by atoms with Gasteiger partial charge in [-0.05, 0) is 32.7 Å². The van der Waals surface area contributed by atoms with E-state index < -0.39 is 0 Å². The molecule has 7 heteroatoms. The normalized spacial score (nSPS) is 23.9. The Balaban J connectivity index is 1.60. The van der Waals surface area contributed by atoms with Gasteiger partial charge in [-0.2, -0.15) is 4.37 Å². The lowest BCUT2D eigenvalue weighted by Gasteiger charge is -2.24. The van der Waals surface area contributed by atoms with Crippen molar-refractivity contribution in [1.82, 2.24) is 19.6 Å². The molecule has 20 heavy (non-hydrogen) atoms. The molecule has 0 aromatic carbocycles. The number of amides is 1. The second-order valence-corrected chi connectivity index (χ2v) is 6.17. The summed E-state index contributed by atoms with van der Waals surface area (Å²) < 4.78 is 4.24. The minimum absolute atomic E-state index is 0.0466. The molecule has 3 heterocycles. The molecule has 6 nitrogen and oxygen atoms in total. The maximum Gasteiger partial charge on any atom is 0.239 e. The predicted octanol–water partition coefficient (Wildman–Crippen LogP) is 0.637. The van der Waals surface area contributed by atoms with Gasteiger partial charge < -0.3 is 15.1 Å². The molecule has 3 rings (SSSR count). The fourth-order valence-electron chi connectivity index (χ4n) is 2.86. The first-order chi connectivity index (χ1) is 9.74. The molecule has 1 aromatic heterocycles. The minimum atomic E-state index is 0.0466. The van der Waals surface area contributed by atoms with Gasteiger partial charge in [-0.25, -0.2) is 4.98 Å². The summed E-state index contributed by atoms with van der Waals surface area (Å²) in [5.74, 6) is 1.11. The number of aryl methyl sites for hydroxylation is 1. The van der Waals surface area contributed by atoms with Crippen molar-refractivity contribution >= 4 is 22.6 Å². The third-order valence-corrected chi connectivity index (χ3v) is 4.82. The topological polar surface area (TPSA) is 61.4 Å². The van der Waals surface area contributed by atoms with Crippen molar-refractivity contribution in [2.45, 2.75) is 32.2 Å². The summed E-state index contributed by atoms with van der Waals surface area (Å²) in [6.45, 7) is 6.34. The van der Waals surface area contributed by atoms with Crippen LogP contribution in [-0.4, -0.2) is 58.9 Å². The third kappa shape index (κ3) is 2.93. The van der Waals surface area contributed by atoms with Crippen molar-refractivity contribution in [2.24, 2.45) is 0 Å². The van der Waals surface area contributed by atoms with Gasteiger partial charge in [0.05, 0.1) is 6.04 Å². The number of hydrogen-bond donors (Lipinski definition) is 1. The third-order valence-electron chi connectivity index (χ3n) is 3.95. The first kappa shape index (κ1) is 13.8. The largest absolute Gasteiger partial charge is 0.345 e. The summed E-state index contributed by atoms with van der Waals surface area (Å²) in [5, 5.41) is 4.28. The van der Waals surface area contributed by atoms with Crippen LogP contribution in [0.15, 0.2) is 0 Å². The Kier molecular flexibility index (Phi) is 4.16. The lowest BCUT2D eigenvalue weighted by molar-refractivity contribution is -0.132. The van der Waals surface area contributed by atoms with Gasteiger partial charge >= 0.3 is 0 Å². The highest BCUT2D eigenvalue weighted by Gasteiger charge is 2.28. The highest BCUT2D eigenvalue weighted by atomic mass is 32.1.